The van der Waals surface area contributed by atoms with E-state index < -0.39 is 0 Å². The van der Waals surface area contributed by atoms with Gasteiger partial charge in [0.2, 0.25) is 5.88 Å². The summed E-state index contributed by atoms with van der Waals surface area (Å²) in [5.41, 5.74) is 0.750. The minimum Gasteiger partial charge on any atom is -0.493 e. The normalized spacial score (nSPS) is 11.3. The van der Waals surface area contributed by atoms with E-state index >= 15 is 0 Å². The second-order valence-corrected chi connectivity index (χ2v) is 6.17. The number of rotatable bonds is 3. The summed E-state index contributed by atoms with van der Waals surface area (Å²) in [4.78, 5) is 4.68. The zero-order chi connectivity index (χ0) is 16.0. The van der Waals surface area contributed by atoms with Crippen molar-refractivity contribution in [1.29, 1.82) is 0 Å². The summed E-state index contributed by atoms with van der Waals surface area (Å²) < 4.78 is 18.7. The molecule has 0 N–H and O–H groups in total. The molecule has 0 aliphatic rings. The Hall–Kier alpha value is -2.53. The second-order valence-electron chi connectivity index (χ2n) is 5.12. The molecule has 2 aromatic carbocycles. The van der Waals surface area contributed by atoms with Gasteiger partial charge in [-0.1, -0.05) is 18.2 Å². The van der Waals surface area contributed by atoms with Crippen LogP contribution in [0.1, 0.15) is 0 Å². The van der Waals surface area contributed by atoms with Crippen LogP contribution in [0, 0.1) is 0 Å². The van der Waals surface area contributed by atoms with Gasteiger partial charge in [-0.05, 0) is 18.2 Å². The van der Waals surface area contributed by atoms with Crippen LogP contribution in [0.15, 0.2) is 36.4 Å². The Morgan fingerprint density at radius 2 is 1.70 bits per heavy atom. The molecule has 0 saturated carbocycles. The van der Waals surface area contributed by atoms with Gasteiger partial charge in [-0.25, -0.2) is 4.98 Å². The lowest BCUT2D eigenvalue weighted by molar-refractivity contribution is 0.357. The first kappa shape index (κ1) is 14.1. The number of aromatic nitrogens is 1. The van der Waals surface area contributed by atoms with E-state index in [4.69, 9.17) is 14.2 Å². The van der Waals surface area contributed by atoms with Crippen LogP contribution in [0.5, 0.6) is 17.4 Å². The molecular weight excluding hydrogens is 310 g/mol. The van der Waals surface area contributed by atoms with Gasteiger partial charge in [-0.2, -0.15) is 0 Å². The van der Waals surface area contributed by atoms with Crippen LogP contribution in [-0.2, 0) is 0 Å². The monoisotopic (exact) mass is 325 g/mol. The minimum atomic E-state index is 0.611. The lowest BCUT2D eigenvalue weighted by Gasteiger charge is -2.12. The summed E-state index contributed by atoms with van der Waals surface area (Å²) in [5.74, 6) is 1.90. The molecule has 23 heavy (non-hydrogen) atoms. The van der Waals surface area contributed by atoms with Gasteiger partial charge in [0, 0.05) is 20.9 Å². The third-order valence-electron chi connectivity index (χ3n) is 3.99. The molecule has 2 heterocycles. The van der Waals surface area contributed by atoms with Crippen LogP contribution in [0.25, 0.3) is 31.1 Å². The van der Waals surface area contributed by atoms with E-state index in [1.807, 2.05) is 24.3 Å². The van der Waals surface area contributed by atoms with Crippen molar-refractivity contribution in [3.05, 3.63) is 36.4 Å². The van der Waals surface area contributed by atoms with E-state index in [1.54, 1.807) is 32.7 Å². The van der Waals surface area contributed by atoms with E-state index in [1.165, 1.54) is 10.1 Å². The van der Waals surface area contributed by atoms with E-state index in [2.05, 4.69) is 17.1 Å². The fraction of sp³-hybridized carbons (Fsp3) is 0.167. The molecule has 0 atom stereocenters. The van der Waals surface area contributed by atoms with Gasteiger partial charge in [0.15, 0.2) is 11.5 Å². The van der Waals surface area contributed by atoms with E-state index in [9.17, 15) is 0 Å². The molecule has 2 aromatic heterocycles. The Bertz CT molecular complexity index is 1040. The summed E-state index contributed by atoms with van der Waals surface area (Å²) in [6, 6.07) is 12.3. The first-order valence-corrected chi connectivity index (χ1v) is 8.00. The molecule has 4 aromatic rings. The third-order valence-corrected chi connectivity index (χ3v) is 5.14. The summed E-state index contributed by atoms with van der Waals surface area (Å²) in [5, 5.41) is 3.38. The molecule has 0 aliphatic carbocycles. The highest BCUT2D eigenvalue weighted by molar-refractivity contribution is 7.26. The van der Waals surface area contributed by atoms with E-state index in [-0.39, 0.29) is 0 Å². The average Bonchev–Trinajstić information content (AvgIpc) is 2.99. The molecule has 0 bridgehead atoms. The summed E-state index contributed by atoms with van der Waals surface area (Å²) in [6.07, 6.45) is 0. The summed E-state index contributed by atoms with van der Waals surface area (Å²) in [6.45, 7) is 0. The maximum Gasteiger partial charge on any atom is 0.232 e. The number of methoxy groups -OCH3 is 3. The lowest BCUT2D eigenvalue weighted by atomic mass is 10.1. The molecule has 4 nitrogen and oxygen atoms in total. The summed E-state index contributed by atoms with van der Waals surface area (Å²) >= 11 is 1.69. The molecule has 0 amide bonds. The van der Waals surface area contributed by atoms with Crippen molar-refractivity contribution in [3.8, 4) is 17.4 Å². The SMILES string of the molecule is COc1ccc2c(nc(OC)c3sc4ccccc4c32)c1OC. The topological polar surface area (TPSA) is 40.6 Å². The van der Waals surface area contributed by atoms with Crippen molar-refractivity contribution >= 4 is 42.4 Å². The van der Waals surface area contributed by atoms with Gasteiger partial charge in [-0.3, -0.25) is 0 Å². The Morgan fingerprint density at radius 3 is 2.43 bits per heavy atom. The smallest absolute Gasteiger partial charge is 0.232 e. The first-order chi connectivity index (χ1) is 11.3. The van der Waals surface area contributed by atoms with Gasteiger partial charge >= 0.3 is 0 Å². The van der Waals surface area contributed by atoms with E-state index in [0.717, 1.165) is 21.0 Å². The highest BCUT2D eigenvalue weighted by atomic mass is 32.1. The quantitative estimate of drug-likeness (QED) is 0.551. The molecular formula is C18H15NO3S. The Morgan fingerprint density at radius 1 is 0.870 bits per heavy atom. The molecule has 0 aliphatic heterocycles. The second kappa shape index (κ2) is 5.28. The Labute approximate surface area is 137 Å². The van der Waals surface area contributed by atoms with Crippen LogP contribution in [0.4, 0.5) is 0 Å². The van der Waals surface area contributed by atoms with Gasteiger partial charge in [0.05, 0.1) is 26.0 Å². The van der Waals surface area contributed by atoms with Crippen molar-refractivity contribution < 1.29 is 14.2 Å². The van der Waals surface area contributed by atoms with Crippen LogP contribution >= 0.6 is 11.3 Å². The van der Waals surface area contributed by atoms with Crippen molar-refractivity contribution in [3.63, 3.8) is 0 Å². The van der Waals surface area contributed by atoms with Gasteiger partial charge in [0.25, 0.3) is 0 Å². The largest absolute Gasteiger partial charge is 0.493 e. The summed E-state index contributed by atoms with van der Waals surface area (Å²) in [7, 11) is 4.89. The predicted molar refractivity (Wildman–Crippen MR) is 94.3 cm³/mol. The van der Waals surface area contributed by atoms with Crippen LogP contribution in [0.2, 0.25) is 0 Å². The molecule has 4 rings (SSSR count). The number of fused-ring (bicyclic) bond motifs is 5. The molecule has 5 heteroatoms. The number of hydrogen-bond donors (Lipinski definition) is 0. The van der Waals surface area contributed by atoms with Crippen molar-refractivity contribution in [2.75, 3.05) is 21.3 Å². The Balaban J connectivity index is 2.28. The van der Waals surface area contributed by atoms with Crippen molar-refractivity contribution in [2.24, 2.45) is 0 Å². The van der Waals surface area contributed by atoms with Gasteiger partial charge in [0.1, 0.15) is 5.52 Å². The predicted octanol–water partition coefficient (Wildman–Crippen LogP) is 4.63. The minimum absolute atomic E-state index is 0.611. The fourth-order valence-corrected chi connectivity index (χ4v) is 4.16. The average molecular weight is 325 g/mol. The van der Waals surface area contributed by atoms with Crippen molar-refractivity contribution in [2.45, 2.75) is 0 Å². The number of hydrogen-bond acceptors (Lipinski definition) is 5. The van der Waals surface area contributed by atoms with E-state index in [0.29, 0.717) is 17.4 Å². The first-order valence-electron chi connectivity index (χ1n) is 7.18. The number of pyridine rings is 1. The number of benzene rings is 2. The molecule has 0 spiro atoms. The zero-order valence-corrected chi connectivity index (χ0v) is 13.9. The van der Waals surface area contributed by atoms with Gasteiger partial charge < -0.3 is 14.2 Å². The lowest BCUT2D eigenvalue weighted by Crippen LogP contribution is -1.95. The molecule has 0 fully saturated rings. The fourth-order valence-electron chi connectivity index (χ4n) is 2.98. The highest BCUT2D eigenvalue weighted by Crippen LogP contribution is 2.45. The van der Waals surface area contributed by atoms with Crippen LogP contribution < -0.4 is 14.2 Å². The van der Waals surface area contributed by atoms with Gasteiger partial charge in [-0.15, -0.1) is 11.3 Å². The van der Waals surface area contributed by atoms with Crippen LogP contribution in [0.3, 0.4) is 0 Å². The Kier molecular flexibility index (Phi) is 3.23. The molecule has 0 unspecified atom stereocenters. The number of ether oxygens (including phenoxy) is 3. The standard InChI is InChI=1S/C18H15NO3S/c1-20-12-9-8-11-14-10-6-4-5-7-13(10)23-17(14)18(22-3)19-15(11)16(12)21-2/h4-9H,1-3H3. The molecule has 0 saturated heterocycles. The number of thiophene rings is 1. The third kappa shape index (κ3) is 1.93. The van der Waals surface area contributed by atoms with Crippen molar-refractivity contribution in [1.82, 2.24) is 4.98 Å². The number of nitrogens with zero attached hydrogens (tertiary/aromatic N) is 1. The molecule has 116 valence electrons. The molecule has 0 radical (unpaired) electrons. The van der Waals surface area contributed by atoms with Crippen LogP contribution in [-0.4, -0.2) is 26.3 Å². The maximum absolute atomic E-state index is 5.55. The maximum atomic E-state index is 5.55. The highest BCUT2D eigenvalue weighted by Gasteiger charge is 2.19. The zero-order valence-electron chi connectivity index (χ0n) is 13.0.